The molecule has 1 aromatic carbocycles. The smallest absolute Gasteiger partial charge is 0.293 e. The van der Waals surface area contributed by atoms with Crippen molar-refractivity contribution < 1.29 is 14.1 Å². The van der Waals surface area contributed by atoms with Crippen LogP contribution < -0.4 is 5.32 Å². The first-order chi connectivity index (χ1) is 11.0. The first-order valence-electron chi connectivity index (χ1n) is 6.29. The fraction of sp³-hybridized carbons (Fsp3) is 0. The van der Waals surface area contributed by atoms with Crippen molar-refractivity contribution in [3.8, 4) is 11.3 Å². The number of benzene rings is 1. The Morgan fingerprint density at radius 2 is 2.17 bits per heavy atom. The van der Waals surface area contributed by atoms with Crippen LogP contribution in [0.2, 0.25) is 5.02 Å². The Morgan fingerprint density at radius 3 is 2.87 bits per heavy atom. The minimum Gasteiger partial charge on any atom is -0.451 e. The van der Waals surface area contributed by atoms with Gasteiger partial charge in [0.15, 0.2) is 10.9 Å². The summed E-state index contributed by atoms with van der Waals surface area (Å²) in [6.07, 6.45) is 1.56. The number of halogens is 1. The molecule has 0 aliphatic rings. The summed E-state index contributed by atoms with van der Waals surface area (Å²) >= 11 is 7.05. The number of rotatable bonds is 4. The second kappa shape index (κ2) is 6.19. The van der Waals surface area contributed by atoms with Crippen LogP contribution in [0, 0.1) is 10.1 Å². The average molecular weight is 350 g/mol. The van der Waals surface area contributed by atoms with E-state index in [1.807, 2.05) is 0 Å². The molecule has 0 spiro atoms. The number of nitro groups is 1. The standard InChI is InChI=1S/C14H8ClN3O4S/c15-8-1-2-9(10(7-8)18(20)21)11-3-4-12(22-11)13(19)17-14-16-5-6-23-14/h1-7H,(H,16,17,19). The van der Waals surface area contributed by atoms with Crippen LogP contribution in [0.5, 0.6) is 0 Å². The largest absolute Gasteiger partial charge is 0.451 e. The fourth-order valence-electron chi connectivity index (χ4n) is 1.91. The molecule has 0 unspecified atom stereocenters. The number of furan rings is 1. The van der Waals surface area contributed by atoms with Crippen LogP contribution in [0.25, 0.3) is 11.3 Å². The number of thiazole rings is 1. The predicted octanol–water partition coefficient (Wildman–Crippen LogP) is 4.22. The highest BCUT2D eigenvalue weighted by molar-refractivity contribution is 7.13. The number of nitrogens with zero attached hydrogens (tertiary/aromatic N) is 2. The van der Waals surface area contributed by atoms with Gasteiger partial charge >= 0.3 is 0 Å². The van der Waals surface area contributed by atoms with E-state index in [-0.39, 0.29) is 27.8 Å². The van der Waals surface area contributed by atoms with Gasteiger partial charge in [-0.25, -0.2) is 4.98 Å². The second-order valence-corrected chi connectivity index (χ2v) is 5.70. The molecule has 0 saturated carbocycles. The molecule has 23 heavy (non-hydrogen) atoms. The number of nitro benzene ring substituents is 1. The summed E-state index contributed by atoms with van der Waals surface area (Å²) in [6.45, 7) is 0. The van der Waals surface area contributed by atoms with Gasteiger partial charge < -0.3 is 4.42 Å². The van der Waals surface area contributed by atoms with E-state index in [0.717, 1.165) is 0 Å². The maximum absolute atomic E-state index is 12.0. The lowest BCUT2D eigenvalue weighted by Crippen LogP contribution is -2.10. The zero-order chi connectivity index (χ0) is 16.4. The molecular weight excluding hydrogens is 342 g/mol. The van der Waals surface area contributed by atoms with Crippen LogP contribution in [0.15, 0.2) is 46.3 Å². The third-order valence-corrected chi connectivity index (χ3v) is 3.83. The van der Waals surface area contributed by atoms with Crippen molar-refractivity contribution in [2.75, 3.05) is 5.32 Å². The highest BCUT2D eigenvalue weighted by Crippen LogP contribution is 2.33. The molecule has 0 radical (unpaired) electrons. The first kappa shape index (κ1) is 15.2. The maximum atomic E-state index is 12.0. The highest BCUT2D eigenvalue weighted by Gasteiger charge is 2.20. The molecule has 2 aromatic heterocycles. The SMILES string of the molecule is O=C(Nc1nccs1)c1ccc(-c2ccc(Cl)cc2[N+](=O)[O-])o1. The number of nitrogens with one attached hydrogen (secondary N) is 1. The van der Waals surface area contributed by atoms with Crippen molar-refractivity contribution in [3.05, 3.63) is 62.8 Å². The molecule has 3 aromatic rings. The molecule has 2 heterocycles. The number of aromatic nitrogens is 1. The Kier molecular flexibility index (Phi) is 4.09. The van der Waals surface area contributed by atoms with Crippen molar-refractivity contribution in [1.29, 1.82) is 0 Å². The molecule has 0 fully saturated rings. The fourth-order valence-corrected chi connectivity index (χ4v) is 2.60. The van der Waals surface area contributed by atoms with Crippen LogP contribution in [0.4, 0.5) is 10.8 Å². The number of anilines is 1. The lowest BCUT2D eigenvalue weighted by atomic mass is 10.1. The van der Waals surface area contributed by atoms with Gasteiger partial charge in [-0.15, -0.1) is 11.3 Å². The summed E-state index contributed by atoms with van der Waals surface area (Å²) in [5, 5.41) is 16.1. The number of amides is 1. The third-order valence-electron chi connectivity index (χ3n) is 2.90. The average Bonchev–Trinajstić information content (AvgIpc) is 3.18. The van der Waals surface area contributed by atoms with Crippen molar-refractivity contribution in [2.45, 2.75) is 0 Å². The Hall–Kier alpha value is -2.71. The monoisotopic (exact) mass is 349 g/mol. The van der Waals surface area contributed by atoms with Crippen LogP contribution in [0.1, 0.15) is 10.6 Å². The molecule has 0 bridgehead atoms. The van der Waals surface area contributed by atoms with E-state index >= 15 is 0 Å². The first-order valence-corrected chi connectivity index (χ1v) is 7.55. The normalized spacial score (nSPS) is 10.5. The lowest BCUT2D eigenvalue weighted by Gasteiger charge is -2.01. The van der Waals surface area contributed by atoms with Crippen LogP contribution in [0.3, 0.4) is 0 Å². The second-order valence-electron chi connectivity index (χ2n) is 4.37. The molecule has 9 heteroatoms. The van der Waals surface area contributed by atoms with Crippen molar-refractivity contribution in [1.82, 2.24) is 4.98 Å². The quantitative estimate of drug-likeness (QED) is 0.561. The van der Waals surface area contributed by atoms with E-state index < -0.39 is 10.8 Å². The van der Waals surface area contributed by atoms with Gasteiger partial charge in [-0.05, 0) is 24.3 Å². The van der Waals surface area contributed by atoms with E-state index in [1.165, 1.54) is 41.7 Å². The summed E-state index contributed by atoms with van der Waals surface area (Å²) in [4.78, 5) is 26.5. The molecule has 3 rings (SSSR count). The molecule has 0 aliphatic heterocycles. The molecule has 0 aliphatic carbocycles. The van der Waals surface area contributed by atoms with Crippen LogP contribution in [-0.2, 0) is 0 Å². The van der Waals surface area contributed by atoms with Crippen LogP contribution in [-0.4, -0.2) is 15.8 Å². The Morgan fingerprint density at radius 1 is 1.35 bits per heavy atom. The van der Waals surface area contributed by atoms with E-state index in [1.54, 1.807) is 11.6 Å². The molecule has 1 amide bonds. The van der Waals surface area contributed by atoms with Gasteiger partial charge in [-0.1, -0.05) is 11.6 Å². The van der Waals surface area contributed by atoms with Gasteiger partial charge in [-0.3, -0.25) is 20.2 Å². The summed E-state index contributed by atoms with van der Waals surface area (Å²) in [7, 11) is 0. The van der Waals surface area contributed by atoms with Gasteiger partial charge in [-0.2, -0.15) is 0 Å². The summed E-state index contributed by atoms with van der Waals surface area (Å²) in [5.41, 5.74) is 0.0476. The third kappa shape index (κ3) is 3.22. The summed E-state index contributed by atoms with van der Waals surface area (Å²) in [5.74, 6) is -0.250. The van der Waals surface area contributed by atoms with Gasteiger partial charge in [0.1, 0.15) is 5.76 Å². The van der Waals surface area contributed by atoms with E-state index in [9.17, 15) is 14.9 Å². The number of hydrogen-bond acceptors (Lipinski definition) is 6. The minimum absolute atomic E-state index is 0.0273. The Labute approximate surface area is 138 Å². The van der Waals surface area contributed by atoms with Gasteiger partial charge in [0, 0.05) is 22.7 Å². The Bertz CT molecular complexity index is 876. The van der Waals surface area contributed by atoms with Crippen LogP contribution >= 0.6 is 22.9 Å². The van der Waals surface area contributed by atoms with Crippen molar-refractivity contribution >= 4 is 39.7 Å². The topological polar surface area (TPSA) is 98.3 Å². The van der Waals surface area contributed by atoms with Crippen molar-refractivity contribution in [3.63, 3.8) is 0 Å². The zero-order valence-corrected chi connectivity index (χ0v) is 12.9. The lowest BCUT2D eigenvalue weighted by molar-refractivity contribution is -0.384. The van der Waals surface area contributed by atoms with Gasteiger partial charge in [0.25, 0.3) is 11.6 Å². The van der Waals surface area contributed by atoms with E-state index in [2.05, 4.69) is 10.3 Å². The molecule has 116 valence electrons. The van der Waals surface area contributed by atoms with E-state index in [0.29, 0.717) is 5.13 Å². The molecule has 0 atom stereocenters. The maximum Gasteiger partial charge on any atom is 0.293 e. The molecular formula is C14H8ClN3O4S. The summed E-state index contributed by atoms with van der Waals surface area (Å²) < 4.78 is 5.43. The van der Waals surface area contributed by atoms with E-state index in [4.69, 9.17) is 16.0 Å². The highest BCUT2D eigenvalue weighted by atomic mass is 35.5. The molecule has 0 saturated heterocycles. The number of carbonyl (C=O) groups excluding carboxylic acids is 1. The molecule has 1 N–H and O–H groups in total. The predicted molar refractivity (Wildman–Crippen MR) is 85.9 cm³/mol. The number of carbonyl (C=O) groups is 1. The van der Waals surface area contributed by atoms with Gasteiger partial charge in [0.2, 0.25) is 0 Å². The zero-order valence-electron chi connectivity index (χ0n) is 11.4. The number of hydrogen-bond donors (Lipinski definition) is 1. The molecule has 7 nitrogen and oxygen atoms in total. The Balaban J connectivity index is 1.90. The van der Waals surface area contributed by atoms with Crippen molar-refractivity contribution in [2.24, 2.45) is 0 Å². The minimum atomic E-state index is -0.557. The summed E-state index contributed by atoms with van der Waals surface area (Å²) in [6, 6.07) is 7.15. The van der Waals surface area contributed by atoms with Gasteiger partial charge in [0.05, 0.1) is 10.5 Å².